The van der Waals surface area contributed by atoms with Gasteiger partial charge in [-0.25, -0.2) is 14.3 Å². The Morgan fingerprint density at radius 3 is 2.38 bits per heavy atom. The lowest BCUT2D eigenvalue weighted by Crippen LogP contribution is -2.50. The second-order valence-electron chi connectivity index (χ2n) is 10.4. The maximum atomic E-state index is 14.1. The van der Waals surface area contributed by atoms with Crippen LogP contribution in [0, 0.1) is 13.8 Å². The van der Waals surface area contributed by atoms with Gasteiger partial charge in [-0.05, 0) is 62.1 Å². The summed E-state index contributed by atoms with van der Waals surface area (Å²) in [5.74, 6) is -13.2. The monoisotopic (exact) mass is 658 g/mol. The van der Waals surface area contributed by atoms with Crippen LogP contribution >= 0.6 is 11.6 Å². The zero-order valence-corrected chi connectivity index (χ0v) is 24.0. The van der Waals surface area contributed by atoms with Gasteiger partial charge in [0.2, 0.25) is 0 Å². The SMILES string of the molecule is Cc1cccnc1-n1nc(Cn2cc(C(F)(F)C(F)(F)C(F)(F)F)nn2)cc1C(=O)Nc1c(C)cc(Cl)cc1C(=O)NC1CC1. The van der Waals surface area contributed by atoms with Crippen LogP contribution < -0.4 is 10.6 Å². The lowest BCUT2D eigenvalue weighted by atomic mass is 10.1. The van der Waals surface area contributed by atoms with Crippen LogP contribution in [0.15, 0.2) is 42.7 Å². The first kappa shape index (κ1) is 31.9. The number of amides is 2. The minimum absolute atomic E-state index is 0.00778. The highest BCUT2D eigenvalue weighted by atomic mass is 35.5. The number of rotatable bonds is 9. The zero-order chi connectivity index (χ0) is 32.9. The average Bonchev–Trinajstić information content (AvgIpc) is 3.46. The Bertz CT molecular complexity index is 1780. The molecule has 1 aliphatic rings. The van der Waals surface area contributed by atoms with E-state index in [9.17, 15) is 40.3 Å². The quantitative estimate of drug-likeness (QED) is 0.226. The maximum Gasteiger partial charge on any atom is 0.460 e. The third-order valence-corrected chi connectivity index (χ3v) is 7.02. The molecule has 238 valence electrons. The second-order valence-corrected chi connectivity index (χ2v) is 10.8. The van der Waals surface area contributed by atoms with Gasteiger partial charge in [-0.2, -0.15) is 35.8 Å². The normalized spacial score (nSPS) is 14.0. The van der Waals surface area contributed by atoms with Gasteiger partial charge in [0.05, 0.1) is 29.7 Å². The molecule has 18 heteroatoms. The van der Waals surface area contributed by atoms with Crippen LogP contribution in [0.4, 0.5) is 36.4 Å². The number of pyridine rings is 1. The number of nitrogens with zero attached hydrogens (tertiary/aromatic N) is 6. The first-order valence-corrected chi connectivity index (χ1v) is 13.5. The number of nitrogens with one attached hydrogen (secondary N) is 2. The van der Waals surface area contributed by atoms with E-state index in [4.69, 9.17) is 11.6 Å². The smallest absolute Gasteiger partial charge is 0.349 e. The summed E-state index contributed by atoms with van der Waals surface area (Å²) >= 11 is 6.18. The minimum Gasteiger partial charge on any atom is -0.349 e. The Kier molecular flexibility index (Phi) is 8.10. The molecule has 0 spiro atoms. The third-order valence-electron chi connectivity index (χ3n) is 6.81. The summed E-state index contributed by atoms with van der Waals surface area (Å²) in [4.78, 5) is 30.9. The molecule has 0 bridgehead atoms. The fourth-order valence-corrected chi connectivity index (χ4v) is 4.58. The highest BCUT2D eigenvalue weighted by Gasteiger charge is 2.74. The molecule has 0 saturated heterocycles. The Morgan fingerprint density at radius 2 is 1.73 bits per heavy atom. The molecule has 0 atom stereocenters. The number of carbonyl (C=O) groups excluding carboxylic acids is 2. The lowest BCUT2D eigenvalue weighted by molar-refractivity contribution is -0.360. The molecule has 0 unspecified atom stereocenters. The Hall–Kier alpha value is -4.54. The van der Waals surface area contributed by atoms with Gasteiger partial charge in [0, 0.05) is 17.3 Å². The number of hydrogen-bond acceptors (Lipinski definition) is 6. The van der Waals surface area contributed by atoms with E-state index < -0.39 is 42.1 Å². The van der Waals surface area contributed by atoms with E-state index >= 15 is 0 Å². The molecule has 3 heterocycles. The molecule has 0 radical (unpaired) electrons. The molecule has 1 fully saturated rings. The van der Waals surface area contributed by atoms with Crippen LogP contribution in [-0.2, 0) is 12.5 Å². The Labute approximate surface area is 254 Å². The van der Waals surface area contributed by atoms with Crippen LogP contribution in [0.25, 0.3) is 5.82 Å². The van der Waals surface area contributed by atoms with Crippen LogP contribution in [0.2, 0.25) is 5.02 Å². The summed E-state index contributed by atoms with van der Waals surface area (Å²) < 4.78 is 95.0. The number of alkyl halides is 7. The summed E-state index contributed by atoms with van der Waals surface area (Å²) in [6.45, 7) is 2.73. The van der Waals surface area contributed by atoms with Crippen molar-refractivity contribution in [2.45, 2.75) is 57.3 Å². The summed E-state index contributed by atoms with van der Waals surface area (Å²) in [7, 11) is 0. The molecule has 1 aromatic carbocycles. The van der Waals surface area contributed by atoms with Crippen LogP contribution in [0.3, 0.4) is 0 Å². The molecule has 1 aliphatic carbocycles. The fourth-order valence-electron chi connectivity index (χ4n) is 4.31. The van der Waals surface area contributed by atoms with Crippen molar-refractivity contribution >= 4 is 29.1 Å². The van der Waals surface area contributed by atoms with E-state index in [1.165, 1.54) is 24.4 Å². The summed E-state index contributed by atoms with van der Waals surface area (Å²) in [6.07, 6.45) is -3.28. The van der Waals surface area contributed by atoms with Crippen molar-refractivity contribution in [1.29, 1.82) is 0 Å². The van der Waals surface area contributed by atoms with E-state index in [1.807, 2.05) is 0 Å². The van der Waals surface area contributed by atoms with Gasteiger partial charge in [0.15, 0.2) is 11.5 Å². The standard InChI is InChI=1S/C27H22ClF7N8O2/c1-13-4-3-7-36-22(13)43-19(24(45)38-21-14(2)8-15(28)9-18(21)23(44)37-16-5-6-16)10-17(40-43)11-42-12-20(39-41-42)25(29,30)26(31,32)27(33,34)35/h3-4,7-10,12,16H,5-6,11H2,1-2H3,(H,37,44)(H,38,45). The van der Waals surface area contributed by atoms with Gasteiger partial charge in [-0.1, -0.05) is 22.9 Å². The van der Waals surface area contributed by atoms with Crippen molar-refractivity contribution in [3.63, 3.8) is 0 Å². The van der Waals surface area contributed by atoms with Gasteiger partial charge in [0.1, 0.15) is 5.69 Å². The van der Waals surface area contributed by atoms with Crippen molar-refractivity contribution in [2.24, 2.45) is 0 Å². The van der Waals surface area contributed by atoms with Crippen molar-refractivity contribution < 1.29 is 40.3 Å². The van der Waals surface area contributed by atoms with Crippen LogP contribution in [0.1, 0.15) is 56.2 Å². The number of halogens is 8. The van der Waals surface area contributed by atoms with Gasteiger partial charge in [-0.15, -0.1) is 5.10 Å². The molecule has 1 saturated carbocycles. The van der Waals surface area contributed by atoms with Gasteiger partial charge in [-0.3, -0.25) is 9.59 Å². The van der Waals surface area contributed by atoms with Gasteiger partial charge < -0.3 is 10.6 Å². The Morgan fingerprint density at radius 1 is 1.02 bits per heavy atom. The zero-order valence-electron chi connectivity index (χ0n) is 23.3. The molecule has 4 aromatic rings. The molecule has 2 N–H and O–H groups in total. The minimum atomic E-state index is -6.55. The van der Waals surface area contributed by atoms with Gasteiger partial charge in [0.25, 0.3) is 11.8 Å². The maximum absolute atomic E-state index is 14.1. The molecule has 45 heavy (non-hydrogen) atoms. The van der Waals surface area contributed by atoms with Crippen LogP contribution in [-0.4, -0.2) is 59.7 Å². The predicted molar refractivity (Wildman–Crippen MR) is 145 cm³/mol. The summed E-state index contributed by atoms with van der Waals surface area (Å²) in [6, 6.07) is 7.45. The fraction of sp³-hybridized carbons (Fsp3) is 0.333. The lowest BCUT2D eigenvalue weighted by Gasteiger charge is -2.26. The Balaban J connectivity index is 1.49. The van der Waals surface area contributed by atoms with E-state index in [1.54, 1.807) is 26.0 Å². The van der Waals surface area contributed by atoms with Crippen LogP contribution in [0.5, 0.6) is 0 Å². The van der Waals surface area contributed by atoms with E-state index in [0.717, 1.165) is 17.5 Å². The van der Waals surface area contributed by atoms with Crippen molar-refractivity contribution in [2.75, 3.05) is 5.32 Å². The van der Waals surface area contributed by atoms with Gasteiger partial charge >= 0.3 is 18.0 Å². The van der Waals surface area contributed by atoms with Crippen molar-refractivity contribution in [3.05, 3.63) is 81.5 Å². The number of aryl methyl sites for hydroxylation is 2. The molecule has 3 aromatic heterocycles. The summed E-state index contributed by atoms with van der Waals surface area (Å²) in [5.41, 5.74) is -0.834. The van der Waals surface area contributed by atoms with E-state index in [2.05, 4.69) is 31.0 Å². The third kappa shape index (κ3) is 6.21. The number of hydrogen-bond donors (Lipinski definition) is 2. The largest absolute Gasteiger partial charge is 0.460 e. The first-order valence-electron chi connectivity index (χ1n) is 13.2. The molecule has 10 nitrogen and oxygen atoms in total. The molecule has 2 amide bonds. The topological polar surface area (TPSA) is 120 Å². The number of anilines is 1. The van der Waals surface area contributed by atoms with Crippen molar-refractivity contribution in [3.8, 4) is 5.82 Å². The summed E-state index contributed by atoms with van der Waals surface area (Å²) in [5, 5.41) is 16.2. The predicted octanol–water partition coefficient (Wildman–Crippen LogP) is 5.61. The highest BCUT2D eigenvalue weighted by Crippen LogP contribution is 2.51. The van der Waals surface area contributed by atoms with Crippen molar-refractivity contribution in [1.82, 2.24) is 35.1 Å². The molecule has 5 rings (SSSR count). The second kappa shape index (κ2) is 11.4. The number of benzene rings is 1. The van der Waals surface area contributed by atoms with E-state index in [0.29, 0.717) is 15.8 Å². The molecule has 0 aliphatic heterocycles. The highest BCUT2D eigenvalue weighted by molar-refractivity contribution is 6.31. The number of carbonyl (C=O) groups is 2. The average molecular weight is 659 g/mol. The molecular weight excluding hydrogens is 637 g/mol. The van der Waals surface area contributed by atoms with E-state index in [-0.39, 0.29) is 45.7 Å². The first-order chi connectivity index (χ1) is 21.0. The number of aromatic nitrogens is 6. The molecular formula is C27H22ClF7N8O2.